The molecule has 7 heteroatoms. The summed E-state index contributed by atoms with van der Waals surface area (Å²) >= 11 is 12.5. The first kappa shape index (κ1) is 18.9. The van der Waals surface area contributed by atoms with Crippen LogP contribution in [0.2, 0.25) is 5.02 Å². The van der Waals surface area contributed by atoms with Crippen LogP contribution >= 0.6 is 35.6 Å². The first-order valence-corrected chi connectivity index (χ1v) is 9.51. The standard InChI is InChI=1S/C19H15ClFNO2S2/c1-2-22-18(23)17(26-19(22)25)10-12-6-3-4-9-16(12)24-11-13-14(20)7-5-8-15(13)21/h3-10H,2,11H2,1H3/b17-10+. The van der Waals surface area contributed by atoms with E-state index in [4.69, 9.17) is 28.6 Å². The first-order valence-electron chi connectivity index (χ1n) is 7.91. The van der Waals surface area contributed by atoms with Crippen LogP contribution in [0.1, 0.15) is 18.1 Å². The van der Waals surface area contributed by atoms with E-state index >= 15 is 0 Å². The number of nitrogens with zero attached hydrogens (tertiary/aromatic N) is 1. The average molecular weight is 408 g/mol. The molecule has 2 aromatic rings. The van der Waals surface area contributed by atoms with Gasteiger partial charge in [0.05, 0.1) is 9.93 Å². The van der Waals surface area contributed by atoms with Crippen LogP contribution < -0.4 is 4.74 Å². The third kappa shape index (κ3) is 3.92. The quantitative estimate of drug-likeness (QED) is 0.498. The maximum Gasteiger partial charge on any atom is 0.266 e. The Bertz CT molecular complexity index is 881. The molecule has 0 spiro atoms. The van der Waals surface area contributed by atoms with E-state index in [-0.39, 0.29) is 12.5 Å². The Balaban J connectivity index is 1.84. The highest BCUT2D eigenvalue weighted by atomic mass is 35.5. The van der Waals surface area contributed by atoms with Gasteiger partial charge in [-0.1, -0.05) is 59.8 Å². The summed E-state index contributed by atoms with van der Waals surface area (Å²) in [5.74, 6) is 0.00170. The molecule has 0 radical (unpaired) electrons. The van der Waals surface area contributed by atoms with E-state index in [1.165, 1.54) is 17.8 Å². The summed E-state index contributed by atoms with van der Waals surface area (Å²) in [4.78, 5) is 14.5. The number of amides is 1. The molecule has 0 bridgehead atoms. The number of carbonyl (C=O) groups excluding carboxylic acids is 1. The highest BCUT2D eigenvalue weighted by molar-refractivity contribution is 8.26. The van der Waals surface area contributed by atoms with E-state index < -0.39 is 5.82 Å². The van der Waals surface area contributed by atoms with Gasteiger partial charge in [-0.15, -0.1) is 0 Å². The summed E-state index contributed by atoms with van der Waals surface area (Å²) in [6, 6.07) is 11.8. The summed E-state index contributed by atoms with van der Waals surface area (Å²) in [6.07, 6.45) is 1.74. The van der Waals surface area contributed by atoms with Gasteiger partial charge in [0.2, 0.25) is 0 Å². The van der Waals surface area contributed by atoms with Gasteiger partial charge < -0.3 is 4.74 Å². The molecule has 26 heavy (non-hydrogen) atoms. The summed E-state index contributed by atoms with van der Waals surface area (Å²) in [5.41, 5.74) is 1.01. The Kier molecular flexibility index (Phi) is 5.96. The van der Waals surface area contributed by atoms with Crippen molar-refractivity contribution >= 4 is 51.9 Å². The van der Waals surface area contributed by atoms with Gasteiger partial charge in [0, 0.05) is 17.7 Å². The minimum absolute atomic E-state index is 0.00766. The normalized spacial score (nSPS) is 15.8. The van der Waals surface area contributed by atoms with Crippen molar-refractivity contribution in [1.82, 2.24) is 4.90 Å². The second-order valence-electron chi connectivity index (χ2n) is 5.45. The number of ether oxygens (including phenoxy) is 1. The summed E-state index contributed by atoms with van der Waals surface area (Å²) in [6.45, 7) is 2.40. The molecule has 0 aromatic heterocycles. The SMILES string of the molecule is CCN1C(=O)/C(=C\c2ccccc2OCc2c(F)cccc2Cl)SC1=S. The molecule has 134 valence electrons. The van der Waals surface area contributed by atoms with Crippen molar-refractivity contribution in [1.29, 1.82) is 0 Å². The van der Waals surface area contributed by atoms with E-state index in [0.717, 1.165) is 5.56 Å². The monoisotopic (exact) mass is 407 g/mol. The molecule has 0 saturated carbocycles. The lowest BCUT2D eigenvalue weighted by atomic mass is 10.1. The van der Waals surface area contributed by atoms with E-state index in [2.05, 4.69) is 0 Å². The van der Waals surface area contributed by atoms with Crippen molar-refractivity contribution in [3.63, 3.8) is 0 Å². The molecule has 3 rings (SSSR count). The molecule has 0 unspecified atom stereocenters. The van der Waals surface area contributed by atoms with Crippen molar-refractivity contribution in [3.8, 4) is 5.75 Å². The van der Waals surface area contributed by atoms with Gasteiger partial charge in [0.15, 0.2) is 0 Å². The predicted molar refractivity (Wildman–Crippen MR) is 108 cm³/mol. The fraction of sp³-hybridized carbons (Fsp3) is 0.158. The van der Waals surface area contributed by atoms with Crippen LogP contribution in [0, 0.1) is 5.82 Å². The molecule has 1 saturated heterocycles. The van der Waals surface area contributed by atoms with Crippen molar-refractivity contribution in [2.75, 3.05) is 6.54 Å². The molecule has 3 nitrogen and oxygen atoms in total. The van der Waals surface area contributed by atoms with Gasteiger partial charge in [-0.25, -0.2) is 4.39 Å². The summed E-state index contributed by atoms with van der Waals surface area (Å²) in [5, 5.41) is 0.311. The Labute approximate surface area is 165 Å². The van der Waals surface area contributed by atoms with Gasteiger partial charge in [-0.05, 0) is 31.2 Å². The minimum Gasteiger partial charge on any atom is -0.488 e. The fourth-order valence-electron chi connectivity index (χ4n) is 2.47. The lowest BCUT2D eigenvalue weighted by Crippen LogP contribution is -2.27. The number of carbonyl (C=O) groups is 1. The van der Waals surface area contributed by atoms with Crippen LogP contribution in [0.4, 0.5) is 4.39 Å². The summed E-state index contributed by atoms with van der Waals surface area (Å²) in [7, 11) is 0. The largest absolute Gasteiger partial charge is 0.488 e. The van der Waals surface area contributed by atoms with Gasteiger partial charge in [-0.3, -0.25) is 9.69 Å². The van der Waals surface area contributed by atoms with E-state index in [1.54, 1.807) is 29.2 Å². The van der Waals surface area contributed by atoms with Crippen LogP contribution in [0.25, 0.3) is 6.08 Å². The number of hydrogen-bond acceptors (Lipinski definition) is 4. The number of thioether (sulfide) groups is 1. The zero-order valence-corrected chi connectivity index (χ0v) is 16.3. The zero-order valence-electron chi connectivity index (χ0n) is 13.9. The van der Waals surface area contributed by atoms with Gasteiger partial charge in [0.1, 0.15) is 22.5 Å². The van der Waals surface area contributed by atoms with Gasteiger partial charge >= 0.3 is 0 Å². The first-order chi connectivity index (χ1) is 12.5. The molecule has 1 fully saturated rings. The lowest BCUT2D eigenvalue weighted by molar-refractivity contribution is -0.121. The molecule has 1 aliphatic rings. The number of rotatable bonds is 5. The molecule has 0 aliphatic carbocycles. The maximum absolute atomic E-state index is 13.9. The highest BCUT2D eigenvalue weighted by Gasteiger charge is 2.30. The van der Waals surface area contributed by atoms with Crippen molar-refractivity contribution in [2.45, 2.75) is 13.5 Å². The molecule has 2 aromatic carbocycles. The predicted octanol–water partition coefficient (Wildman–Crippen LogP) is 5.28. The van der Waals surface area contributed by atoms with Crippen LogP contribution in [0.15, 0.2) is 47.4 Å². The van der Waals surface area contributed by atoms with Gasteiger partial charge in [0.25, 0.3) is 5.91 Å². The van der Waals surface area contributed by atoms with Crippen LogP contribution in [0.3, 0.4) is 0 Å². The molecular formula is C19H15ClFNO2S2. The Morgan fingerprint density at radius 3 is 2.73 bits per heavy atom. The topological polar surface area (TPSA) is 29.5 Å². The number of benzene rings is 2. The Morgan fingerprint density at radius 1 is 1.27 bits per heavy atom. The molecule has 1 heterocycles. The minimum atomic E-state index is -0.418. The van der Waals surface area contributed by atoms with E-state index in [9.17, 15) is 9.18 Å². The number of likely N-dealkylation sites (N-methyl/N-ethyl adjacent to an activating group) is 1. The van der Waals surface area contributed by atoms with Crippen molar-refractivity contribution in [3.05, 3.63) is 69.3 Å². The van der Waals surface area contributed by atoms with Crippen LogP contribution in [0.5, 0.6) is 5.75 Å². The number of hydrogen-bond donors (Lipinski definition) is 0. The molecule has 0 N–H and O–H groups in total. The molecule has 1 aliphatic heterocycles. The second kappa shape index (κ2) is 8.20. The smallest absolute Gasteiger partial charge is 0.266 e. The molecule has 1 amide bonds. The third-order valence-electron chi connectivity index (χ3n) is 3.83. The number of halogens is 2. The molecule has 0 atom stereocenters. The van der Waals surface area contributed by atoms with Gasteiger partial charge in [-0.2, -0.15) is 0 Å². The average Bonchev–Trinajstić information content (AvgIpc) is 2.89. The Morgan fingerprint density at radius 2 is 2.04 bits per heavy atom. The number of para-hydroxylation sites is 1. The van der Waals surface area contributed by atoms with Crippen LogP contribution in [-0.4, -0.2) is 21.7 Å². The highest BCUT2D eigenvalue weighted by Crippen LogP contribution is 2.34. The lowest BCUT2D eigenvalue weighted by Gasteiger charge is -2.11. The van der Waals surface area contributed by atoms with Crippen molar-refractivity contribution in [2.24, 2.45) is 0 Å². The molecular weight excluding hydrogens is 393 g/mol. The third-order valence-corrected chi connectivity index (χ3v) is 5.56. The Hall–Kier alpha value is -1.89. The summed E-state index contributed by atoms with van der Waals surface area (Å²) < 4.78 is 20.2. The van der Waals surface area contributed by atoms with Crippen LogP contribution in [-0.2, 0) is 11.4 Å². The maximum atomic E-state index is 13.9. The fourth-order valence-corrected chi connectivity index (χ4v) is 4.06. The number of thiocarbonyl (C=S) groups is 1. The van der Waals surface area contributed by atoms with E-state index in [0.29, 0.717) is 32.1 Å². The van der Waals surface area contributed by atoms with Crippen molar-refractivity contribution < 1.29 is 13.9 Å². The zero-order chi connectivity index (χ0) is 18.7. The van der Waals surface area contributed by atoms with E-state index in [1.807, 2.05) is 25.1 Å². The second-order valence-corrected chi connectivity index (χ2v) is 7.54.